The van der Waals surface area contributed by atoms with Gasteiger partial charge >= 0.3 is 0 Å². The van der Waals surface area contributed by atoms with Gasteiger partial charge in [0.2, 0.25) is 0 Å². The number of benzene rings is 2. The Labute approximate surface area is 131 Å². The lowest BCUT2D eigenvalue weighted by molar-refractivity contribution is 0.619. The summed E-state index contributed by atoms with van der Waals surface area (Å²) in [5, 5.41) is 3.96. The fraction of sp³-hybridized carbons (Fsp3) is 0.200. The molecule has 0 aromatic heterocycles. The Bertz CT molecular complexity index is 617. The van der Waals surface area contributed by atoms with Crippen LogP contribution in [0.3, 0.4) is 0 Å². The Morgan fingerprint density at radius 3 is 2.60 bits per heavy atom. The van der Waals surface area contributed by atoms with Crippen LogP contribution in [0.15, 0.2) is 40.9 Å². The van der Waals surface area contributed by atoms with Crippen LogP contribution in [-0.2, 0) is 6.54 Å². The molecule has 0 saturated heterocycles. The average Bonchev–Trinajstić information content (AvgIpc) is 2.40. The van der Waals surface area contributed by atoms with Crippen molar-refractivity contribution in [2.24, 2.45) is 0 Å². The van der Waals surface area contributed by atoms with E-state index < -0.39 is 0 Å². The van der Waals surface area contributed by atoms with Crippen molar-refractivity contribution in [2.75, 3.05) is 24.3 Å². The minimum Gasteiger partial charge on any atom is -0.379 e. The molecule has 2 aromatic carbocycles. The number of hydrogen-bond acceptors (Lipinski definition) is 2. The molecule has 0 heterocycles. The Morgan fingerprint density at radius 2 is 1.95 bits per heavy atom. The number of anilines is 2. The molecule has 0 fully saturated rings. The second-order valence-corrected chi connectivity index (χ2v) is 5.95. The standard InChI is InChI=1S/C15H15BrClFN2/c1-20(2)15-6-4-11(17)8-14(15)19-9-10-3-5-12(16)13(18)7-10/h3-8,19H,9H2,1-2H3. The summed E-state index contributed by atoms with van der Waals surface area (Å²) < 4.78 is 13.9. The topological polar surface area (TPSA) is 15.3 Å². The highest BCUT2D eigenvalue weighted by Crippen LogP contribution is 2.28. The highest BCUT2D eigenvalue weighted by Gasteiger charge is 2.06. The highest BCUT2D eigenvalue weighted by atomic mass is 79.9. The molecule has 0 aliphatic rings. The molecule has 2 nitrogen and oxygen atoms in total. The van der Waals surface area contributed by atoms with E-state index in [1.807, 2.05) is 43.3 Å². The van der Waals surface area contributed by atoms with Gasteiger partial charge in [-0.2, -0.15) is 0 Å². The normalized spacial score (nSPS) is 10.4. The van der Waals surface area contributed by atoms with E-state index in [0.29, 0.717) is 16.0 Å². The first-order valence-electron chi connectivity index (χ1n) is 6.12. The molecule has 0 amide bonds. The predicted molar refractivity (Wildman–Crippen MR) is 87.2 cm³/mol. The second kappa shape index (κ2) is 6.46. The van der Waals surface area contributed by atoms with Crippen LogP contribution in [0.5, 0.6) is 0 Å². The Kier molecular flexibility index (Phi) is 4.89. The van der Waals surface area contributed by atoms with Crippen molar-refractivity contribution in [3.63, 3.8) is 0 Å². The van der Waals surface area contributed by atoms with E-state index in [4.69, 9.17) is 11.6 Å². The van der Waals surface area contributed by atoms with Crippen LogP contribution in [0.25, 0.3) is 0 Å². The summed E-state index contributed by atoms with van der Waals surface area (Å²) in [6, 6.07) is 10.8. The first-order chi connectivity index (χ1) is 9.47. The summed E-state index contributed by atoms with van der Waals surface area (Å²) in [6.45, 7) is 0.533. The predicted octanol–water partition coefficient (Wildman–Crippen LogP) is 4.92. The number of nitrogens with one attached hydrogen (secondary N) is 1. The molecule has 0 aliphatic carbocycles. The molecule has 0 spiro atoms. The summed E-state index contributed by atoms with van der Waals surface area (Å²) in [7, 11) is 3.93. The first kappa shape index (κ1) is 15.1. The van der Waals surface area contributed by atoms with Crippen molar-refractivity contribution in [1.29, 1.82) is 0 Å². The van der Waals surface area contributed by atoms with E-state index in [9.17, 15) is 4.39 Å². The zero-order valence-corrected chi connectivity index (χ0v) is 13.6. The molecule has 0 radical (unpaired) electrons. The van der Waals surface area contributed by atoms with Crippen LogP contribution in [0.2, 0.25) is 5.02 Å². The van der Waals surface area contributed by atoms with Gasteiger partial charge in [-0.15, -0.1) is 0 Å². The minimum absolute atomic E-state index is 0.261. The molecule has 1 N–H and O–H groups in total. The minimum atomic E-state index is -0.261. The van der Waals surface area contributed by atoms with Crippen molar-refractivity contribution in [3.05, 3.63) is 57.3 Å². The van der Waals surface area contributed by atoms with Gasteiger partial charge in [-0.25, -0.2) is 4.39 Å². The third-order valence-corrected chi connectivity index (χ3v) is 3.79. The van der Waals surface area contributed by atoms with Crippen LogP contribution < -0.4 is 10.2 Å². The molecule has 0 atom stereocenters. The van der Waals surface area contributed by atoms with Gasteiger partial charge in [0.05, 0.1) is 15.8 Å². The Balaban J connectivity index is 2.17. The van der Waals surface area contributed by atoms with Gasteiger partial charge in [0.15, 0.2) is 0 Å². The molecule has 0 unspecified atom stereocenters. The van der Waals surface area contributed by atoms with Crippen molar-refractivity contribution >= 4 is 38.9 Å². The van der Waals surface area contributed by atoms with Crippen LogP contribution >= 0.6 is 27.5 Å². The Morgan fingerprint density at radius 1 is 1.20 bits per heavy atom. The van der Waals surface area contributed by atoms with Gasteiger partial charge in [-0.05, 0) is 51.8 Å². The number of nitrogens with zero attached hydrogens (tertiary/aromatic N) is 1. The average molecular weight is 358 g/mol. The van der Waals surface area contributed by atoms with E-state index >= 15 is 0 Å². The van der Waals surface area contributed by atoms with Crippen LogP contribution in [0.4, 0.5) is 15.8 Å². The quantitative estimate of drug-likeness (QED) is 0.835. The number of rotatable bonds is 4. The summed E-state index contributed by atoms with van der Waals surface area (Å²) in [4.78, 5) is 2.00. The molecule has 2 aromatic rings. The van der Waals surface area contributed by atoms with Crippen molar-refractivity contribution < 1.29 is 4.39 Å². The van der Waals surface area contributed by atoms with E-state index in [-0.39, 0.29) is 5.82 Å². The molecule has 2 rings (SSSR count). The maximum absolute atomic E-state index is 13.5. The molecule has 0 aliphatic heterocycles. The number of halogens is 3. The molecule has 106 valence electrons. The van der Waals surface area contributed by atoms with Crippen molar-refractivity contribution in [1.82, 2.24) is 0 Å². The molecular weight excluding hydrogens is 343 g/mol. The van der Waals surface area contributed by atoms with E-state index in [1.54, 1.807) is 6.07 Å². The van der Waals surface area contributed by atoms with Gasteiger partial charge in [0.25, 0.3) is 0 Å². The third kappa shape index (κ3) is 3.64. The lowest BCUT2D eigenvalue weighted by atomic mass is 10.2. The third-order valence-electron chi connectivity index (χ3n) is 2.91. The fourth-order valence-corrected chi connectivity index (χ4v) is 2.31. The maximum atomic E-state index is 13.5. The van der Waals surface area contributed by atoms with E-state index in [0.717, 1.165) is 16.9 Å². The van der Waals surface area contributed by atoms with Gasteiger partial charge < -0.3 is 10.2 Å². The van der Waals surface area contributed by atoms with Crippen LogP contribution in [0, 0.1) is 5.82 Å². The molecule has 5 heteroatoms. The number of hydrogen-bond donors (Lipinski definition) is 1. The van der Waals surface area contributed by atoms with Gasteiger partial charge in [0.1, 0.15) is 5.82 Å². The van der Waals surface area contributed by atoms with Crippen molar-refractivity contribution in [3.8, 4) is 0 Å². The SMILES string of the molecule is CN(C)c1ccc(Cl)cc1NCc1ccc(Br)c(F)c1. The summed E-state index contributed by atoms with van der Waals surface area (Å²) in [6.07, 6.45) is 0. The van der Waals surface area contributed by atoms with E-state index in [1.165, 1.54) is 6.07 Å². The molecule has 20 heavy (non-hydrogen) atoms. The Hall–Kier alpha value is -1.26. The second-order valence-electron chi connectivity index (χ2n) is 4.66. The van der Waals surface area contributed by atoms with Gasteiger partial charge in [-0.1, -0.05) is 17.7 Å². The highest BCUT2D eigenvalue weighted by molar-refractivity contribution is 9.10. The first-order valence-corrected chi connectivity index (χ1v) is 7.29. The monoisotopic (exact) mass is 356 g/mol. The molecule has 0 bridgehead atoms. The largest absolute Gasteiger partial charge is 0.379 e. The van der Waals surface area contributed by atoms with Gasteiger partial charge in [0, 0.05) is 25.7 Å². The van der Waals surface area contributed by atoms with E-state index in [2.05, 4.69) is 21.2 Å². The van der Waals surface area contributed by atoms with Crippen LogP contribution in [-0.4, -0.2) is 14.1 Å². The smallest absolute Gasteiger partial charge is 0.137 e. The molecular formula is C15H15BrClFN2. The zero-order chi connectivity index (χ0) is 14.7. The summed E-state index contributed by atoms with van der Waals surface area (Å²) >= 11 is 9.17. The molecule has 0 saturated carbocycles. The van der Waals surface area contributed by atoms with Crippen molar-refractivity contribution in [2.45, 2.75) is 6.54 Å². The summed E-state index contributed by atoms with van der Waals surface area (Å²) in [5.41, 5.74) is 2.83. The fourth-order valence-electron chi connectivity index (χ4n) is 1.89. The lowest BCUT2D eigenvalue weighted by Crippen LogP contribution is -2.12. The van der Waals surface area contributed by atoms with Crippen LogP contribution in [0.1, 0.15) is 5.56 Å². The van der Waals surface area contributed by atoms with Gasteiger partial charge in [-0.3, -0.25) is 0 Å². The zero-order valence-electron chi connectivity index (χ0n) is 11.3. The lowest BCUT2D eigenvalue weighted by Gasteiger charge is -2.19. The summed E-state index contributed by atoms with van der Waals surface area (Å²) in [5.74, 6) is -0.261. The maximum Gasteiger partial charge on any atom is 0.137 e.